The molecule has 0 aliphatic rings. The number of carbonyl (C=O) groups excluding carboxylic acids is 1. The fourth-order valence-electron chi connectivity index (χ4n) is 3.02. The molecule has 0 bridgehead atoms. The van der Waals surface area contributed by atoms with Crippen LogP contribution >= 0.6 is 0 Å². The molecule has 1 atom stereocenters. The molecule has 0 amide bonds. The molecule has 3 aromatic rings. The van der Waals surface area contributed by atoms with Crippen LogP contribution in [0.15, 0.2) is 18.6 Å². The first-order valence-corrected chi connectivity index (χ1v) is 8.69. The molecule has 0 saturated heterocycles. The third-order valence-corrected chi connectivity index (χ3v) is 4.46. The van der Waals surface area contributed by atoms with E-state index in [1.54, 1.807) is 49.7 Å². The van der Waals surface area contributed by atoms with Gasteiger partial charge in [0.05, 0.1) is 29.6 Å². The Morgan fingerprint density at radius 2 is 2.11 bits per heavy atom. The van der Waals surface area contributed by atoms with Crippen molar-refractivity contribution in [3.05, 3.63) is 35.4 Å². The summed E-state index contributed by atoms with van der Waals surface area (Å²) in [6.07, 6.45) is 4.85. The van der Waals surface area contributed by atoms with E-state index in [4.69, 9.17) is 4.74 Å². The number of aromatic nitrogens is 5. The molecule has 3 heterocycles. The molecule has 0 fully saturated rings. The van der Waals surface area contributed by atoms with Crippen LogP contribution in [0.5, 0.6) is 0 Å². The molecule has 27 heavy (non-hydrogen) atoms. The minimum absolute atomic E-state index is 0.165. The van der Waals surface area contributed by atoms with Gasteiger partial charge in [-0.25, -0.2) is 9.78 Å². The van der Waals surface area contributed by atoms with Crippen LogP contribution in [0.4, 0.5) is 5.69 Å². The number of ether oxygens (including phenoxy) is 1. The predicted molar refractivity (Wildman–Crippen MR) is 100 cm³/mol. The van der Waals surface area contributed by atoms with E-state index in [9.17, 15) is 9.90 Å². The maximum Gasteiger partial charge on any atom is 0.341 e. The van der Waals surface area contributed by atoms with Crippen molar-refractivity contribution in [2.75, 3.05) is 18.5 Å². The van der Waals surface area contributed by atoms with Crippen LogP contribution in [0.25, 0.3) is 11.0 Å². The summed E-state index contributed by atoms with van der Waals surface area (Å²) in [6, 6.07) is 0. The molecule has 0 aliphatic carbocycles. The molecule has 0 aromatic carbocycles. The lowest BCUT2D eigenvalue weighted by Gasteiger charge is -2.24. The average Bonchev–Trinajstić information content (AvgIpc) is 3.17. The van der Waals surface area contributed by atoms with Crippen molar-refractivity contribution in [3.63, 3.8) is 0 Å². The Kier molecular flexibility index (Phi) is 4.88. The predicted octanol–water partition coefficient (Wildman–Crippen LogP) is 1.51. The van der Waals surface area contributed by atoms with Crippen molar-refractivity contribution in [1.29, 1.82) is 0 Å². The van der Waals surface area contributed by atoms with E-state index < -0.39 is 11.6 Å². The molecular formula is C18H24N6O3. The fraction of sp³-hybridized carbons (Fsp3) is 0.444. The van der Waals surface area contributed by atoms with E-state index >= 15 is 0 Å². The van der Waals surface area contributed by atoms with E-state index in [2.05, 4.69) is 20.5 Å². The van der Waals surface area contributed by atoms with Crippen LogP contribution in [0.2, 0.25) is 0 Å². The Hall–Kier alpha value is -2.94. The molecule has 3 aromatic heterocycles. The Balaban J connectivity index is 2.02. The van der Waals surface area contributed by atoms with E-state index in [-0.39, 0.29) is 13.2 Å². The van der Waals surface area contributed by atoms with Gasteiger partial charge in [-0.15, -0.1) is 0 Å². The number of aryl methyl sites for hydroxylation is 3. The van der Waals surface area contributed by atoms with Gasteiger partial charge in [-0.2, -0.15) is 10.2 Å². The van der Waals surface area contributed by atoms with Gasteiger partial charge < -0.3 is 15.2 Å². The van der Waals surface area contributed by atoms with Gasteiger partial charge in [0.25, 0.3) is 0 Å². The summed E-state index contributed by atoms with van der Waals surface area (Å²) >= 11 is 0. The molecule has 9 heteroatoms. The van der Waals surface area contributed by atoms with Crippen LogP contribution in [0.1, 0.15) is 35.5 Å². The highest BCUT2D eigenvalue weighted by Gasteiger charge is 2.27. The van der Waals surface area contributed by atoms with E-state index in [1.165, 1.54) is 6.20 Å². The van der Waals surface area contributed by atoms with Crippen molar-refractivity contribution in [3.8, 4) is 0 Å². The molecule has 3 rings (SSSR count). The summed E-state index contributed by atoms with van der Waals surface area (Å²) < 4.78 is 8.45. The maximum absolute atomic E-state index is 12.4. The number of carbonyl (C=O) groups is 1. The largest absolute Gasteiger partial charge is 0.462 e. The van der Waals surface area contributed by atoms with Crippen molar-refractivity contribution < 1.29 is 14.6 Å². The average molecular weight is 372 g/mol. The molecule has 0 radical (unpaired) electrons. The molecular weight excluding hydrogens is 348 g/mol. The van der Waals surface area contributed by atoms with Gasteiger partial charge in [-0.1, -0.05) is 0 Å². The van der Waals surface area contributed by atoms with Crippen LogP contribution in [-0.2, 0) is 24.4 Å². The highest BCUT2D eigenvalue weighted by molar-refractivity contribution is 6.05. The Morgan fingerprint density at radius 3 is 2.74 bits per heavy atom. The number of hydrogen-bond acceptors (Lipinski definition) is 7. The quantitative estimate of drug-likeness (QED) is 0.632. The number of hydrogen-bond donors (Lipinski definition) is 2. The smallest absolute Gasteiger partial charge is 0.341 e. The molecule has 0 saturated carbocycles. The highest BCUT2D eigenvalue weighted by Crippen LogP contribution is 2.30. The van der Waals surface area contributed by atoms with Crippen LogP contribution in [0.3, 0.4) is 0 Å². The van der Waals surface area contributed by atoms with Crippen molar-refractivity contribution in [1.82, 2.24) is 24.5 Å². The minimum atomic E-state index is -1.19. The summed E-state index contributed by atoms with van der Waals surface area (Å²) in [4.78, 5) is 16.8. The first kappa shape index (κ1) is 18.8. The fourth-order valence-corrected chi connectivity index (χ4v) is 3.02. The zero-order valence-electron chi connectivity index (χ0n) is 16.1. The van der Waals surface area contributed by atoms with Gasteiger partial charge in [-0.3, -0.25) is 9.36 Å². The lowest BCUT2D eigenvalue weighted by atomic mass is 9.99. The van der Waals surface area contributed by atoms with Gasteiger partial charge >= 0.3 is 5.97 Å². The van der Waals surface area contributed by atoms with Crippen molar-refractivity contribution >= 4 is 22.7 Å². The van der Waals surface area contributed by atoms with Crippen LogP contribution in [-0.4, -0.2) is 48.8 Å². The molecule has 1 unspecified atom stereocenters. The van der Waals surface area contributed by atoms with E-state index in [1.807, 2.05) is 6.92 Å². The first-order chi connectivity index (χ1) is 12.7. The number of esters is 1. The lowest BCUT2D eigenvalue weighted by molar-refractivity contribution is 0.0525. The number of anilines is 1. The zero-order chi connectivity index (χ0) is 19.8. The van der Waals surface area contributed by atoms with Gasteiger partial charge in [0.15, 0.2) is 5.65 Å². The van der Waals surface area contributed by atoms with Gasteiger partial charge in [0.2, 0.25) is 0 Å². The topological polar surface area (TPSA) is 107 Å². The van der Waals surface area contributed by atoms with Gasteiger partial charge in [-0.05, 0) is 20.8 Å². The van der Waals surface area contributed by atoms with E-state index in [0.29, 0.717) is 22.5 Å². The van der Waals surface area contributed by atoms with Crippen molar-refractivity contribution in [2.45, 2.75) is 26.4 Å². The number of nitrogens with one attached hydrogen (secondary N) is 1. The minimum Gasteiger partial charge on any atom is -0.462 e. The first-order valence-electron chi connectivity index (χ1n) is 8.69. The maximum atomic E-state index is 12.4. The monoisotopic (exact) mass is 372 g/mol. The normalized spacial score (nSPS) is 13.6. The summed E-state index contributed by atoms with van der Waals surface area (Å²) in [5.41, 5.74) is 1.71. The molecule has 0 spiro atoms. The summed E-state index contributed by atoms with van der Waals surface area (Å²) in [6.45, 7) is 5.71. The molecule has 2 N–H and O–H groups in total. The standard InChI is InChI=1S/C18H24N6O3/c1-6-27-17(25)13-8-19-16-14(11(2)22-24(16)5)15(13)20-10-18(3,26)12-7-21-23(4)9-12/h7-9,26H,6,10H2,1-5H3,(H,19,20). The second kappa shape index (κ2) is 6.99. The third kappa shape index (κ3) is 3.50. The second-order valence-corrected chi connectivity index (χ2v) is 6.71. The number of rotatable bonds is 6. The number of aliphatic hydroxyl groups is 1. The summed E-state index contributed by atoms with van der Waals surface area (Å²) in [5, 5.41) is 23.3. The van der Waals surface area contributed by atoms with Crippen LogP contribution < -0.4 is 5.32 Å². The Bertz CT molecular complexity index is 989. The highest BCUT2D eigenvalue weighted by atomic mass is 16.5. The molecule has 144 valence electrons. The van der Waals surface area contributed by atoms with Crippen LogP contribution in [0, 0.1) is 6.92 Å². The number of fused-ring (bicyclic) bond motifs is 1. The molecule has 0 aliphatic heterocycles. The number of nitrogens with zero attached hydrogens (tertiary/aromatic N) is 5. The Labute approximate surface area is 157 Å². The summed E-state index contributed by atoms with van der Waals surface area (Å²) in [5.74, 6) is -0.473. The second-order valence-electron chi connectivity index (χ2n) is 6.71. The van der Waals surface area contributed by atoms with Gasteiger partial charge in [0, 0.05) is 38.6 Å². The third-order valence-electron chi connectivity index (χ3n) is 4.46. The summed E-state index contributed by atoms with van der Waals surface area (Å²) in [7, 11) is 3.58. The van der Waals surface area contributed by atoms with Gasteiger partial charge in [0.1, 0.15) is 11.2 Å². The number of pyridine rings is 1. The van der Waals surface area contributed by atoms with E-state index in [0.717, 1.165) is 11.1 Å². The molecule has 9 nitrogen and oxygen atoms in total. The lowest BCUT2D eigenvalue weighted by Crippen LogP contribution is -2.31. The van der Waals surface area contributed by atoms with Crippen molar-refractivity contribution in [2.24, 2.45) is 14.1 Å². The SMILES string of the molecule is CCOC(=O)c1cnc2c(c(C)nn2C)c1NCC(C)(O)c1cnn(C)c1. The Morgan fingerprint density at radius 1 is 1.37 bits per heavy atom. The zero-order valence-corrected chi connectivity index (χ0v) is 16.1.